The number of unbranched alkanes of at least 4 members (excludes halogenated alkanes) is 1. The molecule has 0 atom stereocenters. The molecule has 2 rings (SSSR count). The van der Waals surface area contributed by atoms with Crippen molar-refractivity contribution in [3.8, 4) is 0 Å². The third-order valence-corrected chi connectivity index (χ3v) is 4.88. The highest BCUT2D eigenvalue weighted by Gasteiger charge is 2.21. The Balaban J connectivity index is 1.68. The standard InChI is InChI=1S/C24H34O/c1-23(2,19-21-13-7-5-8-14-21)17-11-12-18-24(3,4)25-20-22-15-9-6-10-16-22/h5-10,13-16H,11-12,17-20H2,1-4H3. The minimum absolute atomic E-state index is 0.0561. The molecule has 0 aliphatic heterocycles. The third-order valence-electron chi connectivity index (χ3n) is 4.88. The second-order valence-electron chi connectivity index (χ2n) is 8.57. The van der Waals surface area contributed by atoms with Crippen LogP contribution in [0, 0.1) is 5.41 Å². The van der Waals surface area contributed by atoms with Crippen molar-refractivity contribution in [1.82, 2.24) is 0 Å². The van der Waals surface area contributed by atoms with Gasteiger partial charge in [-0.15, -0.1) is 0 Å². The van der Waals surface area contributed by atoms with Crippen molar-refractivity contribution < 1.29 is 4.74 Å². The van der Waals surface area contributed by atoms with E-state index in [2.05, 4.69) is 82.3 Å². The minimum atomic E-state index is -0.0561. The van der Waals surface area contributed by atoms with Crippen molar-refractivity contribution in [2.24, 2.45) is 5.41 Å². The van der Waals surface area contributed by atoms with Gasteiger partial charge < -0.3 is 4.74 Å². The first-order valence-electron chi connectivity index (χ1n) is 9.58. The van der Waals surface area contributed by atoms with Crippen LogP contribution in [0.2, 0.25) is 0 Å². The van der Waals surface area contributed by atoms with Crippen LogP contribution in [0.1, 0.15) is 64.5 Å². The fourth-order valence-electron chi connectivity index (χ4n) is 3.32. The van der Waals surface area contributed by atoms with Gasteiger partial charge in [0.05, 0.1) is 12.2 Å². The zero-order valence-corrected chi connectivity index (χ0v) is 16.4. The summed E-state index contributed by atoms with van der Waals surface area (Å²) in [6, 6.07) is 21.3. The molecule has 0 unspecified atom stereocenters. The predicted octanol–water partition coefficient (Wildman–Crippen LogP) is 6.81. The summed E-state index contributed by atoms with van der Waals surface area (Å²) in [6.45, 7) is 9.90. The van der Waals surface area contributed by atoms with Gasteiger partial charge >= 0.3 is 0 Å². The molecule has 0 aliphatic rings. The zero-order valence-electron chi connectivity index (χ0n) is 16.4. The fraction of sp³-hybridized carbons (Fsp3) is 0.500. The first-order valence-corrected chi connectivity index (χ1v) is 9.58. The molecule has 0 radical (unpaired) electrons. The van der Waals surface area contributed by atoms with Crippen LogP contribution in [0.25, 0.3) is 0 Å². The summed E-state index contributed by atoms with van der Waals surface area (Å²) < 4.78 is 6.14. The molecule has 0 aliphatic carbocycles. The quantitative estimate of drug-likeness (QED) is 0.432. The molecule has 1 heteroatoms. The third kappa shape index (κ3) is 7.88. The Kier molecular flexibility index (Phi) is 7.25. The summed E-state index contributed by atoms with van der Waals surface area (Å²) in [5, 5.41) is 0. The van der Waals surface area contributed by atoms with Gasteiger partial charge in [-0.2, -0.15) is 0 Å². The van der Waals surface area contributed by atoms with E-state index in [-0.39, 0.29) is 5.60 Å². The molecule has 0 bridgehead atoms. The van der Waals surface area contributed by atoms with Crippen molar-refractivity contribution in [2.45, 2.75) is 72.0 Å². The van der Waals surface area contributed by atoms with E-state index in [4.69, 9.17) is 4.74 Å². The summed E-state index contributed by atoms with van der Waals surface area (Å²) in [6.07, 6.45) is 6.01. The lowest BCUT2D eigenvalue weighted by atomic mass is 9.80. The number of hydrogen-bond acceptors (Lipinski definition) is 1. The molecule has 1 nitrogen and oxygen atoms in total. The molecule has 2 aromatic rings. The van der Waals surface area contributed by atoms with Crippen LogP contribution < -0.4 is 0 Å². The minimum Gasteiger partial charge on any atom is -0.371 e. The molecule has 0 heterocycles. The average Bonchev–Trinajstić information content (AvgIpc) is 2.59. The number of hydrogen-bond donors (Lipinski definition) is 0. The van der Waals surface area contributed by atoms with E-state index in [9.17, 15) is 0 Å². The van der Waals surface area contributed by atoms with Crippen LogP contribution >= 0.6 is 0 Å². The van der Waals surface area contributed by atoms with Crippen LogP contribution in [0.4, 0.5) is 0 Å². The molecular formula is C24H34O. The van der Waals surface area contributed by atoms with Crippen molar-refractivity contribution >= 4 is 0 Å². The monoisotopic (exact) mass is 338 g/mol. The van der Waals surface area contributed by atoms with Crippen LogP contribution in [0.15, 0.2) is 60.7 Å². The first kappa shape index (κ1) is 19.7. The highest BCUT2D eigenvalue weighted by molar-refractivity contribution is 5.16. The number of rotatable bonds is 10. The lowest BCUT2D eigenvalue weighted by Gasteiger charge is -2.28. The van der Waals surface area contributed by atoms with Gasteiger partial charge in [-0.25, -0.2) is 0 Å². The van der Waals surface area contributed by atoms with Gasteiger partial charge in [0.25, 0.3) is 0 Å². The Hall–Kier alpha value is -1.60. The zero-order chi connectivity index (χ0) is 18.2. The Bertz CT molecular complexity index is 599. The van der Waals surface area contributed by atoms with Crippen molar-refractivity contribution in [3.63, 3.8) is 0 Å². The molecule has 0 N–H and O–H groups in total. The second kappa shape index (κ2) is 9.20. The normalized spacial score (nSPS) is 12.3. The van der Waals surface area contributed by atoms with Crippen LogP contribution in [-0.2, 0) is 17.8 Å². The molecule has 25 heavy (non-hydrogen) atoms. The molecule has 0 spiro atoms. The maximum Gasteiger partial charge on any atom is 0.0724 e. The molecule has 0 aromatic heterocycles. The maximum absolute atomic E-state index is 6.14. The molecule has 136 valence electrons. The van der Waals surface area contributed by atoms with Crippen molar-refractivity contribution in [3.05, 3.63) is 71.8 Å². The highest BCUT2D eigenvalue weighted by Crippen LogP contribution is 2.29. The Morgan fingerprint density at radius 3 is 1.80 bits per heavy atom. The van der Waals surface area contributed by atoms with Gasteiger partial charge in [0, 0.05) is 0 Å². The van der Waals surface area contributed by atoms with E-state index in [0.717, 1.165) is 12.8 Å². The molecule has 2 aromatic carbocycles. The predicted molar refractivity (Wildman–Crippen MR) is 108 cm³/mol. The van der Waals surface area contributed by atoms with Gasteiger partial charge in [-0.3, -0.25) is 0 Å². The van der Waals surface area contributed by atoms with Crippen molar-refractivity contribution in [2.75, 3.05) is 0 Å². The van der Waals surface area contributed by atoms with Crippen LogP contribution in [-0.4, -0.2) is 5.60 Å². The summed E-state index contributed by atoms with van der Waals surface area (Å²) >= 11 is 0. The van der Waals surface area contributed by atoms with E-state index in [1.807, 2.05) is 6.07 Å². The van der Waals surface area contributed by atoms with Crippen LogP contribution in [0.5, 0.6) is 0 Å². The smallest absolute Gasteiger partial charge is 0.0724 e. The summed E-state index contributed by atoms with van der Waals surface area (Å²) in [4.78, 5) is 0. The summed E-state index contributed by atoms with van der Waals surface area (Å²) in [7, 11) is 0. The lowest BCUT2D eigenvalue weighted by molar-refractivity contribution is -0.0367. The molecular weight excluding hydrogens is 304 g/mol. The largest absolute Gasteiger partial charge is 0.371 e. The maximum atomic E-state index is 6.14. The highest BCUT2D eigenvalue weighted by atomic mass is 16.5. The van der Waals surface area contributed by atoms with Gasteiger partial charge in [0.1, 0.15) is 0 Å². The SMILES string of the molecule is CC(C)(CCCCC(C)(C)OCc1ccccc1)Cc1ccccc1. The topological polar surface area (TPSA) is 9.23 Å². The van der Waals surface area contributed by atoms with Gasteiger partial charge in [0.15, 0.2) is 0 Å². The fourth-order valence-corrected chi connectivity index (χ4v) is 3.32. The molecule has 0 fully saturated rings. The Morgan fingerprint density at radius 1 is 0.680 bits per heavy atom. The van der Waals surface area contributed by atoms with E-state index in [0.29, 0.717) is 12.0 Å². The number of ether oxygens (including phenoxy) is 1. The molecule has 0 amide bonds. The van der Waals surface area contributed by atoms with Gasteiger partial charge in [-0.05, 0) is 49.7 Å². The van der Waals surface area contributed by atoms with E-state index >= 15 is 0 Å². The summed E-state index contributed by atoms with van der Waals surface area (Å²) in [5.74, 6) is 0. The first-order chi connectivity index (χ1) is 11.9. The summed E-state index contributed by atoms with van der Waals surface area (Å²) in [5.41, 5.74) is 2.99. The van der Waals surface area contributed by atoms with Crippen LogP contribution in [0.3, 0.4) is 0 Å². The number of benzene rings is 2. The average molecular weight is 339 g/mol. The Labute approximate surface area is 154 Å². The Morgan fingerprint density at radius 2 is 1.20 bits per heavy atom. The molecule has 0 saturated carbocycles. The van der Waals surface area contributed by atoms with E-state index in [1.165, 1.54) is 30.4 Å². The van der Waals surface area contributed by atoms with E-state index < -0.39 is 0 Å². The molecule has 0 saturated heterocycles. The second-order valence-corrected chi connectivity index (χ2v) is 8.57. The van der Waals surface area contributed by atoms with E-state index in [1.54, 1.807) is 0 Å². The van der Waals surface area contributed by atoms with Gasteiger partial charge in [0.2, 0.25) is 0 Å². The van der Waals surface area contributed by atoms with Crippen molar-refractivity contribution in [1.29, 1.82) is 0 Å². The van der Waals surface area contributed by atoms with Gasteiger partial charge in [-0.1, -0.05) is 87.4 Å². The lowest BCUT2D eigenvalue weighted by Crippen LogP contribution is -2.24.